The molecule has 2 rings (SSSR count). The first kappa shape index (κ1) is 15.4. The highest BCUT2D eigenvalue weighted by atomic mass is 19.4. The molecule has 1 aromatic rings. The predicted molar refractivity (Wildman–Crippen MR) is 74.6 cm³/mol. The summed E-state index contributed by atoms with van der Waals surface area (Å²) in [6.45, 7) is 3.03. The van der Waals surface area contributed by atoms with E-state index in [-0.39, 0.29) is 0 Å². The van der Waals surface area contributed by atoms with Crippen LogP contribution in [0.5, 0.6) is 0 Å². The number of rotatable bonds is 7. The Morgan fingerprint density at radius 1 is 1.30 bits per heavy atom. The van der Waals surface area contributed by atoms with Crippen LogP contribution in [0, 0.1) is 5.92 Å². The fraction of sp³-hybridized carbons (Fsp3) is 0.625. The minimum absolute atomic E-state index is 0.297. The maximum atomic E-state index is 12.7. The van der Waals surface area contributed by atoms with Gasteiger partial charge in [-0.3, -0.25) is 0 Å². The number of nitrogens with one attached hydrogen (secondary N) is 1. The molecule has 20 heavy (non-hydrogen) atoms. The third-order valence-electron chi connectivity index (χ3n) is 3.73. The van der Waals surface area contributed by atoms with Gasteiger partial charge >= 0.3 is 6.18 Å². The van der Waals surface area contributed by atoms with Crippen molar-refractivity contribution in [2.75, 3.05) is 6.54 Å². The van der Waals surface area contributed by atoms with Gasteiger partial charge < -0.3 is 5.32 Å². The Hall–Kier alpha value is -1.03. The lowest BCUT2D eigenvalue weighted by atomic mass is 9.99. The van der Waals surface area contributed by atoms with Crippen LogP contribution in [-0.2, 0) is 12.6 Å². The van der Waals surface area contributed by atoms with E-state index in [0.29, 0.717) is 12.5 Å². The summed E-state index contributed by atoms with van der Waals surface area (Å²) in [6, 6.07) is 6.02. The summed E-state index contributed by atoms with van der Waals surface area (Å²) in [5, 5.41) is 3.47. The largest absolute Gasteiger partial charge is 0.416 e. The van der Waals surface area contributed by atoms with Gasteiger partial charge in [-0.1, -0.05) is 38.0 Å². The molecule has 1 aliphatic rings. The Kier molecular flexibility index (Phi) is 5.08. The summed E-state index contributed by atoms with van der Waals surface area (Å²) in [5.74, 6) is 0.773. The summed E-state index contributed by atoms with van der Waals surface area (Å²) in [6.07, 6.45) is 1.10. The zero-order valence-electron chi connectivity index (χ0n) is 11.8. The highest BCUT2D eigenvalue weighted by molar-refractivity contribution is 5.26. The molecule has 1 saturated carbocycles. The zero-order valence-corrected chi connectivity index (χ0v) is 11.8. The average molecular weight is 285 g/mol. The summed E-state index contributed by atoms with van der Waals surface area (Å²) in [7, 11) is 0. The van der Waals surface area contributed by atoms with Gasteiger partial charge in [0.15, 0.2) is 0 Å². The monoisotopic (exact) mass is 285 g/mol. The van der Waals surface area contributed by atoms with Crippen molar-refractivity contribution in [2.24, 2.45) is 5.92 Å². The maximum Gasteiger partial charge on any atom is 0.416 e. The fourth-order valence-corrected chi connectivity index (χ4v) is 2.50. The summed E-state index contributed by atoms with van der Waals surface area (Å²) in [4.78, 5) is 0. The molecule has 1 atom stereocenters. The van der Waals surface area contributed by atoms with Crippen LogP contribution in [-0.4, -0.2) is 12.6 Å². The van der Waals surface area contributed by atoms with Crippen molar-refractivity contribution in [2.45, 2.75) is 51.2 Å². The molecule has 1 nitrogen and oxygen atoms in total. The summed E-state index contributed by atoms with van der Waals surface area (Å²) in [5.41, 5.74) is 0.227. The molecule has 0 aliphatic heterocycles. The van der Waals surface area contributed by atoms with Crippen molar-refractivity contribution in [3.63, 3.8) is 0 Å². The quantitative estimate of drug-likeness (QED) is 0.782. The SMILES string of the molecule is CCCNC(Cc1cccc(C(F)(F)F)c1)CC1CC1. The van der Waals surface area contributed by atoms with E-state index in [2.05, 4.69) is 12.2 Å². The van der Waals surface area contributed by atoms with E-state index in [4.69, 9.17) is 0 Å². The van der Waals surface area contributed by atoms with Crippen molar-refractivity contribution in [3.8, 4) is 0 Å². The van der Waals surface area contributed by atoms with E-state index in [1.54, 1.807) is 6.07 Å². The van der Waals surface area contributed by atoms with Crippen LogP contribution >= 0.6 is 0 Å². The third-order valence-corrected chi connectivity index (χ3v) is 3.73. The van der Waals surface area contributed by atoms with Crippen LogP contribution in [0.25, 0.3) is 0 Å². The van der Waals surface area contributed by atoms with Crippen molar-refractivity contribution in [1.82, 2.24) is 5.32 Å². The van der Waals surface area contributed by atoms with Crippen molar-refractivity contribution in [3.05, 3.63) is 35.4 Å². The summed E-state index contributed by atoms with van der Waals surface area (Å²) < 4.78 is 38.1. The lowest BCUT2D eigenvalue weighted by Gasteiger charge is -2.19. The van der Waals surface area contributed by atoms with E-state index in [1.165, 1.54) is 25.0 Å². The Labute approximate surface area is 118 Å². The topological polar surface area (TPSA) is 12.0 Å². The first-order valence-corrected chi connectivity index (χ1v) is 7.38. The molecule has 0 heterocycles. The molecule has 1 aromatic carbocycles. The van der Waals surface area contributed by atoms with Gasteiger partial charge in [-0.05, 0) is 43.4 Å². The molecule has 0 radical (unpaired) electrons. The maximum absolute atomic E-state index is 12.7. The highest BCUT2D eigenvalue weighted by Crippen LogP contribution is 2.34. The van der Waals surface area contributed by atoms with Crippen LogP contribution in [0.2, 0.25) is 0 Å². The zero-order chi connectivity index (χ0) is 14.6. The first-order valence-electron chi connectivity index (χ1n) is 7.38. The smallest absolute Gasteiger partial charge is 0.314 e. The number of hydrogen-bond donors (Lipinski definition) is 1. The molecule has 1 aliphatic carbocycles. The molecule has 112 valence electrons. The first-order chi connectivity index (χ1) is 9.49. The lowest BCUT2D eigenvalue weighted by Crippen LogP contribution is -2.32. The van der Waals surface area contributed by atoms with Crippen molar-refractivity contribution >= 4 is 0 Å². The molecule has 0 saturated heterocycles. The standard InChI is InChI=1S/C16H22F3N/c1-2-8-20-15(10-12-6-7-12)11-13-4-3-5-14(9-13)16(17,18)19/h3-5,9,12,15,20H,2,6-8,10-11H2,1H3. The van der Waals surface area contributed by atoms with Crippen molar-refractivity contribution in [1.29, 1.82) is 0 Å². The van der Waals surface area contributed by atoms with E-state index in [0.717, 1.165) is 36.9 Å². The molecule has 0 bridgehead atoms. The molecular weight excluding hydrogens is 263 g/mol. The predicted octanol–water partition coefficient (Wildman–Crippen LogP) is 4.42. The second-order valence-corrected chi connectivity index (χ2v) is 5.73. The molecule has 4 heteroatoms. The Morgan fingerprint density at radius 3 is 2.65 bits per heavy atom. The molecule has 0 aromatic heterocycles. The summed E-state index contributed by atoms with van der Waals surface area (Å²) >= 11 is 0. The van der Waals surface area contributed by atoms with Crippen LogP contribution in [0.3, 0.4) is 0 Å². The van der Waals surface area contributed by atoms with E-state index in [9.17, 15) is 13.2 Å². The molecular formula is C16H22F3N. The molecule has 0 amide bonds. The third kappa shape index (κ3) is 4.82. The van der Waals surface area contributed by atoms with Crippen LogP contribution < -0.4 is 5.32 Å². The lowest BCUT2D eigenvalue weighted by molar-refractivity contribution is -0.137. The number of hydrogen-bond acceptors (Lipinski definition) is 1. The second kappa shape index (κ2) is 6.61. The number of alkyl halides is 3. The van der Waals surface area contributed by atoms with Crippen LogP contribution in [0.1, 0.15) is 43.7 Å². The Morgan fingerprint density at radius 2 is 2.05 bits per heavy atom. The number of benzene rings is 1. The van der Waals surface area contributed by atoms with E-state index >= 15 is 0 Å². The second-order valence-electron chi connectivity index (χ2n) is 5.73. The van der Waals surface area contributed by atoms with Gasteiger partial charge in [0.2, 0.25) is 0 Å². The average Bonchev–Trinajstić information content (AvgIpc) is 3.19. The molecule has 1 unspecified atom stereocenters. The van der Waals surface area contributed by atoms with Crippen LogP contribution in [0.4, 0.5) is 13.2 Å². The normalized spacial score (nSPS) is 17.2. The van der Waals surface area contributed by atoms with E-state index < -0.39 is 11.7 Å². The van der Waals surface area contributed by atoms with Gasteiger partial charge in [-0.15, -0.1) is 0 Å². The number of halogens is 3. The Bertz CT molecular complexity index is 424. The van der Waals surface area contributed by atoms with Crippen molar-refractivity contribution < 1.29 is 13.2 Å². The van der Waals surface area contributed by atoms with Gasteiger partial charge in [-0.25, -0.2) is 0 Å². The molecule has 1 N–H and O–H groups in total. The Balaban J connectivity index is 2.01. The molecule has 1 fully saturated rings. The van der Waals surface area contributed by atoms with Gasteiger partial charge in [-0.2, -0.15) is 13.2 Å². The minimum atomic E-state index is -4.25. The van der Waals surface area contributed by atoms with E-state index in [1.807, 2.05) is 0 Å². The minimum Gasteiger partial charge on any atom is -0.314 e. The van der Waals surface area contributed by atoms with Gasteiger partial charge in [0.25, 0.3) is 0 Å². The van der Waals surface area contributed by atoms with Gasteiger partial charge in [0.05, 0.1) is 5.56 Å². The van der Waals surface area contributed by atoms with Gasteiger partial charge in [0, 0.05) is 6.04 Å². The van der Waals surface area contributed by atoms with Gasteiger partial charge in [0.1, 0.15) is 0 Å². The molecule has 0 spiro atoms. The fourth-order valence-electron chi connectivity index (χ4n) is 2.50. The van der Waals surface area contributed by atoms with Crippen LogP contribution in [0.15, 0.2) is 24.3 Å². The highest BCUT2D eigenvalue weighted by Gasteiger charge is 2.31.